The number of hydrogen-bond acceptors (Lipinski definition) is 3. The van der Waals surface area contributed by atoms with Crippen LogP contribution in [0.3, 0.4) is 0 Å². The molecule has 0 aromatic heterocycles. The number of hydrogen-bond donors (Lipinski definition) is 2. The minimum Gasteiger partial charge on any atom is -0.483 e. The zero-order valence-corrected chi connectivity index (χ0v) is 16.3. The maximum atomic E-state index is 12.2. The summed E-state index contributed by atoms with van der Waals surface area (Å²) < 4.78 is 5.78. The van der Waals surface area contributed by atoms with Crippen LogP contribution >= 0.6 is 0 Å². The van der Waals surface area contributed by atoms with Gasteiger partial charge in [-0.3, -0.25) is 4.79 Å². The van der Waals surface area contributed by atoms with Gasteiger partial charge in [-0.25, -0.2) is 0 Å². The molecule has 4 heteroatoms. The van der Waals surface area contributed by atoms with Crippen LogP contribution < -0.4 is 15.4 Å². The molecule has 0 saturated carbocycles. The second-order valence-corrected chi connectivity index (χ2v) is 6.82. The average Bonchev–Trinajstić information content (AvgIpc) is 2.73. The van der Waals surface area contributed by atoms with Crippen LogP contribution in [-0.2, 0) is 11.3 Å². The highest BCUT2D eigenvalue weighted by Crippen LogP contribution is 2.20. The smallest absolute Gasteiger partial charge is 0.262 e. The lowest BCUT2D eigenvalue weighted by atomic mass is 10.1. The molecule has 3 aromatic rings. The van der Waals surface area contributed by atoms with Crippen LogP contribution in [0, 0.1) is 6.92 Å². The molecule has 0 spiro atoms. The maximum absolute atomic E-state index is 12.2. The summed E-state index contributed by atoms with van der Waals surface area (Å²) in [5, 5.41) is 6.36. The summed E-state index contributed by atoms with van der Waals surface area (Å²) in [6, 6.07) is 26.0. The molecule has 0 aliphatic heterocycles. The summed E-state index contributed by atoms with van der Waals surface area (Å²) in [7, 11) is 0. The van der Waals surface area contributed by atoms with E-state index in [4.69, 9.17) is 4.74 Å². The Balaban J connectivity index is 1.54. The Bertz CT molecular complexity index is 892. The van der Waals surface area contributed by atoms with Crippen LogP contribution in [0.1, 0.15) is 29.7 Å². The number of anilines is 1. The van der Waals surface area contributed by atoms with Gasteiger partial charge in [-0.15, -0.1) is 0 Å². The highest BCUT2D eigenvalue weighted by atomic mass is 16.5. The summed E-state index contributed by atoms with van der Waals surface area (Å²) in [5.41, 5.74) is 4.18. The van der Waals surface area contributed by atoms with Crippen LogP contribution in [-0.4, -0.2) is 12.5 Å². The molecule has 1 amide bonds. The number of aryl methyl sites for hydroxylation is 1. The summed E-state index contributed by atoms with van der Waals surface area (Å²) in [5.74, 6) is 0.540. The molecule has 28 heavy (non-hydrogen) atoms. The van der Waals surface area contributed by atoms with E-state index < -0.39 is 0 Å². The minimum absolute atomic E-state index is 0.0286. The third-order valence-corrected chi connectivity index (χ3v) is 4.56. The fourth-order valence-electron chi connectivity index (χ4n) is 2.89. The van der Waals surface area contributed by atoms with Crippen LogP contribution in [0.4, 0.5) is 5.69 Å². The lowest BCUT2D eigenvalue weighted by Crippen LogP contribution is -2.22. The molecule has 0 radical (unpaired) electrons. The number of nitrogens with one attached hydrogen (secondary N) is 2. The highest BCUT2D eigenvalue weighted by Gasteiger charge is 2.09. The van der Waals surface area contributed by atoms with Gasteiger partial charge < -0.3 is 15.4 Å². The van der Waals surface area contributed by atoms with E-state index >= 15 is 0 Å². The molecular formula is C24H26N2O2. The van der Waals surface area contributed by atoms with Crippen molar-refractivity contribution in [3.63, 3.8) is 0 Å². The Morgan fingerprint density at radius 1 is 0.929 bits per heavy atom. The SMILES string of the molecule is Cc1ccc(NC(=O)COc2ccccc2CNC(C)c2ccccc2)cc1. The zero-order chi connectivity index (χ0) is 19.8. The van der Waals surface area contributed by atoms with Crippen LogP contribution in [0.5, 0.6) is 5.75 Å². The Hall–Kier alpha value is -3.11. The molecule has 4 nitrogen and oxygen atoms in total. The predicted octanol–water partition coefficient (Wildman–Crippen LogP) is 4.86. The minimum atomic E-state index is -0.177. The number of amides is 1. The van der Waals surface area contributed by atoms with Crippen molar-refractivity contribution in [1.29, 1.82) is 0 Å². The predicted molar refractivity (Wildman–Crippen MR) is 113 cm³/mol. The standard InChI is InChI=1S/C24H26N2O2/c1-18-12-14-22(15-13-18)26-24(27)17-28-23-11-7-6-10-21(23)16-25-19(2)20-8-4-3-5-9-20/h3-15,19,25H,16-17H2,1-2H3,(H,26,27). The van der Waals surface area contributed by atoms with Crippen molar-refractivity contribution in [1.82, 2.24) is 5.32 Å². The van der Waals surface area contributed by atoms with Gasteiger partial charge in [-0.05, 0) is 37.6 Å². The molecule has 1 atom stereocenters. The highest BCUT2D eigenvalue weighted by molar-refractivity contribution is 5.91. The van der Waals surface area contributed by atoms with Crippen LogP contribution in [0.2, 0.25) is 0 Å². The van der Waals surface area contributed by atoms with E-state index in [0.717, 1.165) is 16.8 Å². The van der Waals surface area contributed by atoms with Crippen molar-refractivity contribution in [2.75, 3.05) is 11.9 Å². The van der Waals surface area contributed by atoms with Gasteiger partial charge in [-0.1, -0.05) is 66.2 Å². The molecule has 0 aliphatic rings. The third-order valence-electron chi connectivity index (χ3n) is 4.56. The molecule has 0 fully saturated rings. The van der Waals surface area contributed by atoms with E-state index in [2.05, 4.69) is 29.7 Å². The van der Waals surface area contributed by atoms with Gasteiger partial charge in [0.2, 0.25) is 0 Å². The quantitative estimate of drug-likeness (QED) is 0.592. The van der Waals surface area contributed by atoms with Crippen molar-refractivity contribution in [3.8, 4) is 5.75 Å². The number of ether oxygens (including phenoxy) is 1. The first-order valence-corrected chi connectivity index (χ1v) is 9.47. The molecule has 144 valence electrons. The topological polar surface area (TPSA) is 50.4 Å². The Morgan fingerprint density at radius 2 is 1.61 bits per heavy atom. The van der Waals surface area contributed by atoms with E-state index in [1.54, 1.807) is 0 Å². The molecule has 0 saturated heterocycles. The number of carbonyl (C=O) groups is 1. The van der Waals surface area contributed by atoms with E-state index in [1.165, 1.54) is 5.56 Å². The Kier molecular flexibility index (Phi) is 6.82. The molecule has 3 aromatic carbocycles. The lowest BCUT2D eigenvalue weighted by Gasteiger charge is -2.16. The lowest BCUT2D eigenvalue weighted by molar-refractivity contribution is -0.118. The van der Waals surface area contributed by atoms with Gasteiger partial charge in [0.25, 0.3) is 5.91 Å². The number of rotatable bonds is 8. The van der Waals surface area contributed by atoms with Gasteiger partial charge in [0, 0.05) is 23.8 Å². The Morgan fingerprint density at radius 3 is 2.36 bits per heavy atom. The second kappa shape index (κ2) is 9.72. The van der Waals surface area contributed by atoms with E-state index in [-0.39, 0.29) is 18.6 Å². The molecule has 0 heterocycles. The van der Waals surface area contributed by atoms with Gasteiger partial charge in [-0.2, -0.15) is 0 Å². The maximum Gasteiger partial charge on any atom is 0.262 e. The van der Waals surface area contributed by atoms with Gasteiger partial charge >= 0.3 is 0 Å². The first kappa shape index (κ1) is 19.6. The van der Waals surface area contributed by atoms with Crippen molar-refractivity contribution >= 4 is 11.6 Å². The van der Waals surface area contributed by atoms with Crippen LogP contribution in [0.15, 0.2) is 78.9 Å². The first-order chi connectivity index (χ1) is 13.6. The first-order valence-electron chi connectivity index (χ1n) is 9.47. The average molecular weight is 374 g/mol. The number of carbonyl (C=O) groups excluding carboxylic acids is 1. The Labute approximate surface area is 166 Å². The monoisotopic (exact) mass is 374 g/mol. The van der Waals surface area contributed by atoms with Crippen LogP contribution in [0.25, 0.3) is 0 Å². The van der Waals surface area contributed by atoms with E-state index in [9.17, 15) is 4.79 Å². The van der Waals surface area contributed by atoms with Crippen molar-refractivity contribution < 1.29 is 9.53 Å². The van der Waals surface area contributed by atoms with Gasteiger partial charge in [0.1, 0.15) is 5.75 Å². The number of benzene rings is 3. The summed E-state index contributed by atoms with van der Waals surface area (Å²) in [4.78, 5) is 12.2. The van der Waals surface area contributed by atoms with Crippen molar-refractivity contribution in [2.45, 2.75) is 26.4 Å². The summed E-state index contributed by atoms with van der Waals surface area (Å²) >= 11 is 0. The van der Waals surface area contributed by atoms with Gasteiger partial charge in [0.05, 0.1) is 0 Å². The molecule has 1 unspecified atom stereocenters. The van der Waals surface area contributed by atoms with Crippen molar-refractivity contribution in [3.05, 3.63) is 95.6 Å². The molecule has 2 N–H and O–H groups in total. The van der Waals surface area contributed by atoms with E-state index in [1.807, 2.05) is 73.7 Å². The number of para-hydroxylation sites is 1. The third kappa shape index (κ3) is 5.69. The largest absolute Gasteiger partial charge is 0.483 e. The summed E-state index contributed by atoms with van der Waals surface area (Å²) in [6.07, 6.45) is 0. The van der Waals surface area contributed by atoms with Crippen molar-refractivity contribution in [2.24, 2.45) is 0 Å². The van der Waals surface area contributed by atoms with Gasteiger partial charge in [0.15, 0.2) is 6.61 Å². The fraction of sp³-hybridized carbons (Fsp3) is 0.208. The normalized spacial score (nSPS) is 11.6. The molecule has 0 aliphatic carbocycles. The van der Waals surface area contributed by atoms with E-state index in [0.29, 0.717) is 12.3 Å². The zero-order valence-electron chi connectivity index (χ0n) is 16.3. The molecule has 3 rings (SSSR count). The molecular weight excluding hydrogens is 348 g/mol. The second-order valence-electron chi connectivity index (χ2n) is 6.82. The molecule has 0 bridgehead atoms. The fourth-order valence-corrected chi connectivity index (χ4v) is 2.89. The summed E-state index contributed by atoms with van der Waals surface area (Å²) in [6.45, 7) is 4.77.